The van der Waals surface area contributed by atoms with Gasteiger partial charge < -0.3 is 10.1 Å². The second-order valence-corrected chi connectivity index (χ2v) is 2.50. The van der Waals surface area contributed by atoms with E-state index < -0.39 is 11.9 Å². The highest BCUT2D eigenvalue weighted by Gasteiger charge is 2.12. The van der Waals surface area contributed by atoms with Crippen molar-refractivity contribution in [1.82, 2.24) is 10.3 Å². The van der Waals surface area contributed by atoms with E-state index in [0.717, 1.165) is 7.11 Å². The summed E-state index contributed by atoms with van der Waals surface area (Å²) < 4.78 is 4.23. The summed E-state index contributed by atoms with van der Waals surface area (Å²) >= 11 is 0. The predicted molar refractivity (Wildman–Crippen MR) is 48.1 cm³/mol. The Balaban J connectivity index is 2.42. The number of hydrogen-bond donors (Lipinski definition) is 1. The summed E-state index contributed by atoms with van der Waals surface area (Å²) in [5, 5.41) is 2.37. The summed E-state index contributed by atoms with van der Waals surface area (Å²) in [6.45, 7) is 0.217. The average Bonchev–Trinajstić information content (AvgIpc) is 2.26. The van der Waals surface area contributed by atoms with Crippen LogP contribution >= 0.6 is 0 Å². The van der Waals surface area contributed by atoms with E-state index >= 15 is 0 Å². The zero-order valence-electron chi connectivity index (χ0n) is 7.69. The SMILES string of the molecule is COC(=O)C(=O)NCc1ccccn1. The van der Waals surface area contributed by atoms with Gasteiger partial charge in [0.2, 0.25) is 0 Å². The molecule has 5 heteroatoms. The monoisotopic (exact) mass is 194 g/mol. The molecule has 74 valence electrons. The number of ether oxygens (including phenoxy) is 1. The normalized spacial score (nSPS) is 9.21. The number of esters is 1. The molecule has 0 aliphatic carbocycles. The number of nitrogens with zero attached hydrogens (tertiary/aromatic N) is 1. The van der Waals surface area contributed by atoms with E-state index in [0.29, 0.717) is 5.69 Å². The molecular weight excluding hydrogens is 184 g/mol. The van der Waals surface area contributed by atoms with Crippen LogP contribution in [0.4, 0.5) is 0 Å². The molecule has 0 atom stereocenters. The van der Waals surface area contributed by atoms with Crippen molar-refractivity contribution >= 4 is 11.9 Å². The molecule has 1 aromatic rings. The van der Waals surface area contributed by atoms with Crippen molar-refractivity contribution in [3.63, 3.8) is 0 Å². The molecule has 0 saturated heterocycles. The van der Waals surface area contributed by atoms with E-state index in [4.69, 9.17) is 0 Å². The van der Waals surface area contributed by atoms with Gasteiger partial charge in [-0.2, -0.15) is 0 Å². The van der Waals surface area contributed by atoms with Gasteiger partial charge in [-0.3, -0.25) is 9.78 Å². The van der Waals surface area contributed by atoms with Gasteiger partial charge in [0.15, 0.2) is 0 Å². The number of hydrogen-bond acceptors (Lipinski definition) is 4. The smallest absolute Gasteiger partial charge is 0.396 e. The lowest BCUT2D eigenvalue weighted by molar-refractivity contribution is -0.152. The molecule has 0 spiro atoms. The highest BCUT2D eigenvalue weighted by Crippen LogP contribution is 1.91. The second kappa shape index (κ2) is 4.96. The molecule has 0 bridgehead atoms. The molecule has 0 fully saturated rings. The standard InChI is InChI=1S/C9H10N2O3/c1-14-9(13)8(12)11-6-7-4-2-3-5-10-7/h2-5H,6H2,1H3,(H,11,12). The van der Waals surface area contributed by atoms with Gasteiger partial charge in [-0.05, 0) is 12.1 Å². The number of rotatable bonds is 2. The number of nitrogens with one attached hydrogen (secondary N) is 1. The van der Waals surface area contributed by atoms with Gasteiger partial charge in [0.25, 0.3) is 0 Å². The fraction of sp³-hybridized carbons (Fsp3) is 0.222. The molecule has 14 heavy (non-hydrogen) atoms. The summed E-state index contributed by atoms with van der Waals surface area (Å²) in [5.41, 5.74) is 0.685. The van der Waals surface area contributed by atoms with Crippen molar-refractivity contribution in [3.8, 4) is 0 Å². The molecule has 5 nitrogen and oxygen atoms in total. The minimum absolute atomic E-state index is 0.217. The van der Waals surface area contributed by atoms with Crippen molar-refractivity contribution < 1.29 is 14.3 Å². The first kappa shape index (κ1) is 10.2. The van der Waals surface area contributed by atoms with Crippen LogP contribution in [0, 0.1) is 0 Å². The Labute approximate surface area is 81.1 Å². The molecule has 0 radical (unpaired) electrons. The number of amides is 1. The van der Waals surface area contributed by atoms with Crippen LogP contribution in [-0.2, 0) is 20.9 Å². The first-order valence-electron chi connectivity index (χ1n) is 4.00. The van der Waals surface area contributed by atoms with Crippen LogP contribution in [-0.4, -0.2) is 24.0 Å². The van der Waals surface area contributed by atoms with Crippen molar-refractivity contribution in [1.29, 1.82) is 0 Å². The summed E-state index contributed by atoms with van der Waals surface area (Å²) in [4.78, 5) is 25.6. The van der Waals surface area contributed by atoms with Crippen molar-refractivity contribution in [2.75, 3.05) is 7.11 Å². The van der Waals surface area contributed by atoms with E-state index in [1.54, 1.807) is 24.4 Å². The third-order valence-electron chi connectivity index (χ3n) is 1.53. The fourth-order valence-corrected chi connectivity index (χ4v) is 0.838. The molecule has 0 unspecified atom stereocenters. The van der Waals surface area contributed by atoms with Crippen LogP contribution in [0.1, 0.15) is 5.69 Å². The Morgan fingerprint density at radius 2 is 2.29 bits per heavy atom. The predicted octanol–water partition coefficient (Wildman–Crippen LogP) is -0.129. The lowest BCUT2D eigenvalue weighted by Crippen LogP contribution is -2.31. The van der Waals surface area contributed by atoms with Gasteiger partial charge in [-0.15, -0.1) is 0 Å². The molecule has 0 aromatic carbocycles. The minimum Gasteiger partial charge on any atom is -0.462 e. The van der Waals surface area contributed by atoms with Gasteiger partial charge in [-0.25, -0.2) is 4.79 Å². The molecule has 1 heterocycles. The van der Waals surface area contributed by atoms with Gasteiger partial charge >= 0.3 is 11.9 Å². The molecule has 1 N–H and O–H groups in total. The molecule has 0 saturated carbocycles. The summed E-state index contributed by atoms with van der Waals surface area (Å²) in [7, 11) is 1.16. The molecular formula is C9H10N2O3. The number of methoxy groups -OCH3 is 1. The summed E-state index contributed by atoms with van der Waals surface area (Å²) in [6, 6.07) is 5.32. The van der Waals surface area contributed by atoms with Gasteiger partial charge in [0.05, 0.1) is 19.3 Å². The molecule has 1 amide bonds. The van der Waals surface area contributed by atoms with E-state index in [1.165, 1.54) is 0 Å². The van der Waals surface area contributed by atoms with Crippen LogP contribution in [0.25, 0.3) is 0 Å². The third-order valence-corrected chi connectivity index (χ3v) is 1.53. The molecule has 0 aliphatic rings. The lowest BCUT2D eigenvalue weighted by Gasteiger charge is -2.01. The highest BCUT2D eigenvalue weighted by atomic mass is 16.5. The molecule has 0 aliphatic heterocycles. The van der Waals surface area contributed by atoms with Gasteiger partial charge in [0, 0.05) is 6.20 Å². The minimum atomic E-state index is -0.902. The number of carbonyl (C=O) groups excluding carboxylic acids is 2. The zero-order chi connectivity index (χ0) is 10.4. The van der Waals surface area contributed by atoms with Gasteiger partial charge in [-0.1, -0.05) is 6.07 Å². The van der Waals surface area contributed by atoms with E-state index in [9.17, 15) is 9.59 Å². The highest BCUT2D eigenvalue weighted by molar-refractivity contribution is 6.32. The fourth-order valence-electron chi connectivity index (χ4n) is 0.838. The zero-order valence-corrected chi connectivity index (χ0v) is 7.69. The topological polar surface area (TPSA) is 68.3 Å². The Morgan fingerprint density at radius 1 is 1.50 bits per heavy atom. The van der Waals surface area contributed by atoms with Crippen LogP contribution in [0.15, 0.2) is 24.4 Å². The Kier molecular flexibility index (Phi) is 3.60. The van der Waals surface area contributed by atoms with E-state index in [1.807, 2.05) is 0 Å². The van der Waals surface area contributed by atoms with Gasteiger partial charge in [0.1, 0.15) is 0 Å². The maximum atomic E-state index is 10.9. The Hall–Kier alpha value is -1.91. The third kappa shape index (κ3) is 2.85. The summed E-state index contributed by atoms with van der Waals surface area (Å²) in [6.07, 6.45) is 1.61. The lowest BCUT2D eigenvalue weighted by atomic mass is 10.3. The molecule has 1 aromatic heterocycles. The maximum absolute atomic E-state index is 10.9. The van der Waals surface area contributed by atoms with E-state index in [2.05, 4.69) is 15.0 Å². The Bertz CT molecular complexity index is 324. The summed E-state index contributed by atoms with van der Waals surface area (Å²) in [5.74, 6) is -1.67. The number of aromatic nitrogens is 1. The number of carbonyl (C=O) groups is 2. The van der Waals surface area contributed by atoms with Crippen LogP contribution in [0.2, 0.25) is 0 Å². The first-order chi connectivity index (χ1) is 6.74. The average molecular weight is 194 g/mol. The van der Waals surface area contributed by atoms with Crippen LogP contribution in [0.5, 0.6) is 0 Å². The van der Waals surface area contributed by atoms with Crippen molar-refractivity contribution in [3.05, 3.63) is 30.1 Å². The van der Waals surface area contributed by atoms with Crippen molar-refractivity contribution in [2.45, 2.75) is 6.54 Å². The van der Waals surface area contributed by atoms with E-state index in [-0.39, 0.29) is 6.54 Å². The largest absolute Gasteiger partial charge is 0.462 e. The first-order valence-corrected chi connectivity index (χ1v) is 4.00. The molecule has 1 rings (SSSR count). The van der Waals surface area contributed by atoms with Crippen molar-refractivity contribution in [2.24, 2.45) is 0 Å². The quantitative estimate of drug-likeness (QED) is 0.526. The maximum Gasteiger partial charge on any atom is 0.396 e. The second-order valence-electron chi connectivity index (χ2n) is 2.50. The van der Waals surface area contributed by atoms with Crippen LogP contribution < -0.4 is 5.32 Å². The van der Waals surface area contributed by atoms with Crippen LogP contribution in [0.3, 0.4) is 0 Å². The number of pyridine rings is 1. The Morgan fingerprint density at radius 3 is 2.86 bits per heavy atom.